The topological polar surface area (TPSA) is 86.8 Å². The summed E-state index contributed by atoms with van der Waals surface area (Å²) in [6, 6.07) is 0.311. The van der Waals surface area contributed by atoms with Gasteiger partial charge in [0.1, 0.15) is 0 Å². The van der Waals surface area contributed by atoms with Crippen LogP contribution in [0.2, 0.25) is 0 Å². The van der Waals surface area contributed by atoms with Crippen molar-refractivity contribution < 1.29 is 4.79 Å². The molecule has 1 atom stereocenters. The molecule has 7 heteroatoms. The molecule has 1 aromatic rings. The number of amides is 1. The van der Waals surface area contributed by atoms with Crippen molar-refractivity contribution in [2.24, 2.45) is 5.92 Å². The predicted molar refractivity (Wildman–Crippen MR) is 63.4 cm³/mol. The van der Waals surface area contributed by atoms with Gasteiger partial charge in [-0.2, -0.15) is 5.21 Å². The van der Waals surface area contributed by atoms with Crippen molar-refractivity contribution in [3.63, 3.8) is 0 Å². The van der Waals surface area contributed by atoms with E-state index >= 15 is 0 Å². The summed E-state index contributed by atoms with van der Waals surface area (Å²) in [5, 5.41) is 15.7. The molecule has 0 saturated carbocycles. The van der Waals surface area contributed by atoms with E-state index in [-0.39, 0.29) is 11.7 Å². The molecule has 0 aliphatic carbocycles. The molecule has 1 rings (SSSR count). The van der Waals surface area contributed by atoms with E-state index in [0.29, 0.717) is 18.5 Å². The molecule has 0 spiro atoms. The number of tetrazole rings is 1. The van der Waals surface area contributed by atoms with Gasteiger partial charge in [-0.05, 0) is 31.6 Å². The van der Waals surface area contributed by atoms with E-state index in [1.807, 2.05) is 14.1 Å². The smallest absolute Gasteiger partial charge is 0.292 e. The van der Waals surface area contributed by atoms with Gasteiger partial charge in [0.15, 0.2) is 0 Å². The number of hydrogen-bond donors (Lipinski definition) is 2. The third-order valence-electron chi connectivity index (χ3n) is 2.52. The highest BCUT2D eigenvalue weighted by Gasteiger charge is 2.16. The quantitative estimate of drug-likeness (QED) is 0.725. The van der Waals surface area contributed by atoms with Gasteiger partial charge in [0.25, 0.3) is 11.7 Å². The molecular weight excluding hydrogens is 220 g/mol. The molecule has 17 heavy (non-hydrogen) atoms. The maximum Gasteiger partial charge on any atom is 0.292 e. The first kappa shape index (κ1) is 13.6. The van der Waals surface area contributed by atoms with Crippen molar-refractivity contribution in [2.75, 3.05) is 20.6 Å². The summed E-state index contributed by atoms with van der Waals surface area (Å²) < 4.78 is 0. The second-order valence-electron chi connectivity index (χ2n) is 4.69. The molecule has 1 heterocycles. The lowest BCUT2D eigenvalue weighted by Gasteiger charge is -2.25. The third-order valence-corrected chi connectivity index (χ3v) is 2.52. The van der Waals surface area contributed by atoms with E-state index in [2.05, 4.69) is 44.7 Å². The number of nitrogens with one attached hydrogen (secondary N) is 2. The Morgan fingerprint density at radius 1 is 1.47 bits per heavy atom. The third kappa shape index (κ3) is 4.48. The molecule has 2 N–H and O–H groups in total. The molecule has 7 nitrogen and oxygen atoms in total. The number of hydrogen-bond acceptors (Lipinski definition) is 5. The fraction of sp³-hybridized carbons (Fsp3) is 0.800. The molecule has 1 amide bonds. The molecular formula is C10H20N6O. The van der Waals surface area contributed by atoms with E-state index in [0.717, 1.165) is 6.42 Å². The number of aromatic nitrogens is 4. The number of likely N-dealkylation sites (N-methyl/N-ethyl adjacent to an activating group) is 1. The summed E-state index contributed by atoms with van der Waals surface area (Å²) in [5.74, 6) is 0.367. The van der Waals surface area contributed by atoms with E-state index < -0.39 is 0 Å². The standard InChI is InChI=1S/C10H20N6O/c1-7(2)5-8(16(3)4)6-11-10(17)9-12-14-15-13-9/h7-8H,5-6H2,1-4H3,(H,11,17)(H,12,13,14,15). The Morgan fingerprint density at radius 3 is 2.65 bits per heavy atom. The zero-order valence-corrected chi connectivity index (χ0v) is 10.8. The maximum absolute atomic E-state index is 11.6. The SMILES string of the molecule is CC(C)CC(CNC(=O)c1nn[nH]n1)N(C)C. The second kappa shape index (κ2) is 6.29. The lowest BCUT2D eigenvalue weighted by Crippen LogP contribution is -2.41. The van der Waals surface area contributed by atoms with Crippen LogP contribution >= 0.6 is 0 Å². The van der Waals surface area contributed by atoms with Crippen LogP contribution in [-0.2, 0) is 0 Å². The summed E-state index contributed by atoms with van der Waals surface area (Å²) in [6.45, 7) is 4.91. The molecule has 0 aliphatic heterocycles. The Labute approximate surface area is 101 Å². The van der Waals surface area contributed by atoms with Crippen LogP contribution in [0, 0.1) is 5.92 Å². The molecule has 0 fully saturated rings. The highest BCUT2D eigenvalue weighted by atomic mass is 16.2. The zero-order chi connectivity index (χ0) is 12.8. The minimum Gasteiger partial charge on any atom is -0.348 e. The Bertz CT molecular complexity index is 335. The van der Waals surface area contributed by atoms with Crippen LogP contribution in [0.5, 0.6) is 0 Å². The van der Waals surface area contributed by atoms with Crippen LogP contribution in [0.1, 0.15) is 30.9 Å². The van der Waals surface area contributed by atoms with Crippen molar-refractivity contribution in [3.8, 4) is 0 Å². The van der Waals surface area contributed by atoms with Crippen molar-refractivity contribution in [1.29, 1.82) is 0 Å². The monoisotopic (exact) mass is 240 g/mol. The summed E-state index contributed by atoms with van der Waals surface area (Å²) in [7, 11) is 4.01. The van der Waals surface area contributed by atoms with Crippen molar-refractivity contribution >= 4 is 5.91 Å². The van der Waals surface area contributed by atoms with Crippen LogP contribution in [-0.4, -0.2) is 58.1 Å². The Balaban J connectivity index is 2.44. The number of nitrogens with zero attached hydrogens (tertiary/aromatic N) is 4. The first-order valence-corrected chi connectivity index (χ1v) is 5.68. The lowest BCUT2D eigenvalue weighted by atomic mass is 10.0. The largest absolute Gasteiger partial charge is 0.348 e. The zero-order valence-electron chi connectivity index (χ0n) is 10.8. The van der Waals surface area contributed by atoms with Crippen molar-refractivity contribution in [1.82, 2.24) is 30.8 Å². The lowest BCUT2D eigenvalue weighted by molar-refractivity contribution is 0.0928. The number of rotatable bonds is 6. The number of H-pyrrole nitrogens is 1. The fourth-order valence-electron chi connectivity index (χ4n) is 1.57. The number of aromatic amines is 1. The van der Waals surface area contributed by atoms with Gasteiger partial charge >= 0.3 is 0 Å². The van der Waals surface area contributed by atoms with Crippen molar-refractivity contribution in [3.05, 3.63) is 5.82 Å². The highest BCUT2D eigenvalue weighted by molar-refractivity contribution is 5.90. The van der Waals surface area contributed by atoms with Crippen LogP contribution in [0.15, 0.2) is 0 Å². The van der Waals surface area contributed by atoms with Gasteiger partial charge in [0, 0.05) is 12.6 Å². The fourth-order valence-corrected chi connectivity index (χ4v) is 1.57. The first-order chi connectivity index (χ1) is 8.00. The Hall–Kier alpha value is -1.50. The number of carbonyl (C=O) groups excluding carboxylic acids is 1. The molecule has 96 valence electrons. The van der Waals surface area contributed by atoms with E-state index in [4.69, 9.17) is 0 Å². The summed E-state index contributed by atoms with van der Waals surface area (Å²) in [4.78, 5) is 13.7. The Kier molecular flexibility index (Phi) is 5.02. The van der Waals surface area contributed by atoms with E-state index in [1.165, 1.54) is 0 Å². The van der Waals surface area contributed by atoms with Crippen LogP contribution in [0.3, 0.4) is 0 Å². The van der Waals surface area contributed by atoms with Crippen LogP contribution in [0.4, 0.5) is 0 Å². The van der Waals surface area contributed by atoms with Gasteiger partial charge < -0.3 is 10.2 Å². The normalized spacial score (nSPS) is 13.1. The predicted octanol–water partition coefficient (Wildman–Crippen LogP) is -0.0942. The van der Waals surface area contributed by atoms with Gasteiger partial charge in [-0.15, -0.1) is 10.2 Å². The summed E-state index contributed by atoms with van der Waals surface area (Å²) in [5.41, 5.74) is 0. The molecule has 0 radical (unpaired) electrons. The first-order valence-electron chi connectivity index (χ1n) is 5.68. The van der Waals surface area contributed by atoms with Gasteiger partial charge in [0.2, 0.25) is 0 Å². The van der Waals surface area contributed by atoms with Crippen LogP contribution in [0.25, 0.3) is 0 Å². The minimum absolute atomic E-state index is 0.0760. The van der Waals surface area contributed by atoms with Gasteiger partial charge in [0.05, 0.1) is 0 Å². The Morgan fingerprint density at radius 2 is 2.18 bits per heavy atom. The summed E-state index contributed by atoms with van der Waals surface area (Å²) >= 11 is 0. The molecule has 0 aromatic carbocycles. The van der Waals surface area contributed by atoms with Gasteiger partial charge in [-0.1, -0.05) is 13.8 Å². The molecule has 0 saturated heterocycles. The van der Waals surface area contributed by atoms with Gasteiger partial charge in [-0.25, -0.2) is 0 Å². The molecule has 0 aliphatic rings. The maximum atomic E-state index is 11.6. The average Bonchev–Trinajstić information content (AvgIpc) is 2.76. The number of carbonyl (C=O) groups is 1. The van der Waals surface area contributed by atoms with E-state index in [1.54, 1.807) is 0 Å². The second-order valence-corrected chi connectivity index (χ2v) is 4.69. The molecule has 0 bridgehead atoms. The van der Waals surface area contributed by atoms with E-state index in [9.17, 15) is 4.79 Å². The molecule has 1 unspecified atom stereocenters. The van der Waals surface area contributed by atoms with Gasteiger partial charge in [-0.3, -0.25) is 4.79 Å². The average molecular weight is 240 g/mol. The van der Waals surface area contributed by atoms with Crippen molar-refractivity contribution in [2.45, 2.75) is 26.3 Å². The highest BCUT2D eigenvalue weighted by Crippen LogP contribution is 2.08. The summed E-state index contributed by atoms with van der Waals surface area (Å²) in [6.07, 6.45) is 1.03. The minimum atomic E-state index is -0.297. The van der Waals surface area contributed by atoms with Crippen LogP contribution < -0.4 is 5.32 Å². The molecule has 1 aromatic heterocycles.